The maximum Gasteiger partial charge on any atom is 0.335 e. The summed E-state index contributed by atoms with van der Waals surface area (Å²) in [5.41, 5.74) is 1.76. The highest BCUT2D eigenvalue weighted by Crippen LogP contribution is 2.41. The summed E-state index contributed by atoms with van der Waals surface area (Å²) in [7, 11) is 0. The van der Waals surface area contributed by atoms with Crippen LogP contribution in [0.3, 0.4) is 0 Å². The number of aromatic carboxylic acids is 1. The smallest absolute Gasteiger partial charge is 0.335 e. The fourth-order valence-corrected chi connectivity index (χ4v) is 4.29. The summed E-state index contributed by atoms with van der Waals surface area (Å²) in [6, 6.07) is 5.08. The Morgan fingerprint density at radius 2 is 1.92 bits per heavy atom. The van der Waals surface area contributed by atoms with Gasteiger partial charge in [0, 0.05) is 12.1 Å². The van der Waals surface area contributed by atoms with E-state index in [9.17, 15) is 14.7 Å². The monoisotopic (exact) mass is 329 g/mol. The van der Waals surface area contributed by atoms with Gasteiger partial charge in [0.1, 0.15) is 0 Å². The molecule has 0 unspecified atom stereocenters. The van der Waals surface area contributed by atoms with Crippen LogP contribution in [-0.4, -0.2) is 28.4 Å². The minimum atomic E-state index is -0.980. The number of hydrogen-bond donors (Lipinski definition) is 1. The van der Waals surface area contributed by atoms with E-state index in [4.69, 9.17) is 0 Å². The van der Waals surface area contributed by atoms with Crippen LogP contribution >= 0.6 is 0 Å². The Morgan fingerprint density at radius 1 is 1.25 bits per heavy atom. The number of carbonyl (C=O) groups excluding carboxylic acids is 1. The minimum absolute atomic E-state index is 0.00502. The molecule has 1 aromatic rings. The minimum Gasteiger partial charge on any atom is -0.478 e. The first-order valence-corrected chi connectivity index (χ1v) is 9.06. The maximum absolute atomic E-state index is 13.0. The number of amides is 1. The lowest BCUT2D eigenvalue weighted by Gasteiger charge is -2.34. The molecule has 0 saturated heterocycles. The van der Waals surface area contributed by atoms with Crippen molar-refractivity contribution in [3.8, 4) is 0 Å². The van der Waals surface area contributed by atoms with Crippen LogP contribution in [0.1, 0.15) is 78.8 Å². The van der Waals surface area contributed by atoms with Gasteiger partial charge in [0.25, 0.3) is 5.91 Å². The summed E-state index contributed by atoms with van der Waals surface area (Å²) in [6.45, 7) is 7.37. The van der Waals surface area contributed by atoms with Crippen LogP contribution in [0.25, 0.3) is 0 Å². The van der Waals surface area contributed by atoms with E-state index in [1.807, 2.05) is 11.0 Å². The second-order valence-electron chi connectivity index (χ2n) is 7.88. The molecule has 0 bridgehead atoms. The third-order valence-corrected chi connectivity index (χ3v) is 5.67. The topological polar surface area (TPSA) is 57.6 Å². The molecule has 1 saturated carbocycles. The predicted molar refractivity (Wildman–Crippen MR) is 93.1 cm³/mol. The lowest BCUT2D eigenvalue weighted by atomic mass is 9.82. The van der Waals surface area contributed by atoms with Gasteiger partial charge in [-0.1, -0.05) is 39.7 Å². The molecule has 1 aliphatic heterocycles. The van der Waals surface area contributed by atoms with Gasteiger partial charge >= 0.3 is 5.97 Å². The third-order valence-electron chi connectivity index (χ3n) is 5.67. The van der Waals surface area contributed by atoms with Gasteiger partial charge in [0.05, 0.1) is 11.6 Å². The number of fused-ring (bicyclic) bond motifs is 1. The highest BCUT2D eigenvalue weighted by molar-refractivity contribution is 6.01. The molecule has 24 heavy (non-hydrogen) atoms. The van der Waals surface area contributed by atoms with Gasteiger partial charge in [-0.15, -0.1) is 0 Å². The normalized spacial score (nSPS) is 26.8. The SMILES string of the molecule is CC1CCC(CN2C(=O)c3cc(C(=O)O)ccc3[C@@H]2C(C)C)CC1. The highest BCUT2D eigenvalue weighted by atomic mass is 16.4. The molecular weight excluding hydrogens is 302 g/mol. The van der Waals surface area contributed by atoms with Gasteiger partial charge in [0.2, 0.25) is 0 Å². The summed E-state index contributed by atoms with van der Waals surface area (Å²) in [4.78, 5) is 26.2. The van der Waals surface area contributed by atoms with Gasteiger partial charge in [-0.2, -0.15) is 0 Å². The number of carboxylic acid groups (broad SMARTS) is 1. The quantitative estimate of drug-likeness (QED) is 0.892. The Bertz CT molecular complexity index is 644. The molecule has 1 aromatic carbocycles. The second-order valence-corrected chi connectivity index (χ2v) is 7.88. The number of carboxylic acids is 1. The molecule has 0 radical (unpaired) electrons. The van der Waals surface area contributed by atoms with Gasteiger partial charge in [0.15, 0.2) is 0 Å². The van der Waals surface area contributed by atoms with E-state index in [0.717, 1.165) is 18.0 Å². The fourth-order valence-electron chi connectivity index (χ4n) is 4.29. The van der Waals surface area contributed by atoms with E-state index >= 15 is 0 Å². The van der Waals surface area contributed by atoms with Crippen LogP contribution in [0.5, 0.6) is 0 Å². The summed E-state index contributed by atoms with van der Waals surface area (Å²) in [5, 5.41) is 9.20. The molecule has 1 aliphatic carbocycles. The van der Waals surface area contributed by atoms with Crippen molar-refractivity contribution in [1.82, 2.24) is 4.90 Å². The van der Waals surface area contributed by atoms with Crippen LogP contribution in [0.4, 0.5) is 0 Å². The predicted octanol–water partition coefficient (Wildman–Crippen LogP) is 4.36. The lowest BCUT2D eigenvalue weighted by molar-refractivity contribution is 0.0614. The summed E-state index contributed by atoms with van der Waals surface area (Å²) in [6.07, 6.45) is 4.86. The van der Waals surface area contributed by atoms with E-state index in [1.54, 1.807) is 12.1 Å². The number of benzene rings is 1. The molecule has 0 aromatic heterocycles. The standard InChI is InChI=1S/C20H27NO3/c1-12(2)18-16-9-8-15(20(23)24)10-17(16)19(22)21(18)11-14-6-4-13(3)5-7-14/h8-10,12-14,18H,4-7,11H2,1-3H3,(H,23,24)/t13?,14?,18-/m0/s1. The molecule has 1 amide bonds. The average Bonchev–Trinajstić information content (AvgIpc) is 2.82. The molecule has 0 spiro atoms. The van der Waals surface area contributed by atoms with Gasteiger partial charge in [-0.3, -0.25) is 4.79 Å². The van der Waals surface area contributed by atoms with Crippen LogP contribution in [0, 0.1) is 17.8 Å². The summed E-state index contributed by atoms with van der Waals surface area (Å²) < 4.78 is 0. The average molecular weight is 329 g/mol. The molecule has 2 aliphatic rings. The summed E-state index contributed by atoms with van der Waals surface area (Å²) in [5.74, 6) is 0.705. The van der Waals surface area contributed by atoms with Gasteiger partial charge in [-0.05, 0) is 48.3 Å². The maximum atomic E-state index is 13.0. The first-order valence-electron chi connectivity index (χ1n) is 9.06. The van der Waals surface area contributed by atoms with Crippen molar-refractivity contribution in [1.29, 1.82) is 0 Å². The second kappa shape index (κ2) is 6.58. The lowest BCUT2D eigenvalue weighted by Crippen LogP contribution is -2.36. The molecule has 4 heteroatoms. The van der Waals surface area contributed by atoms with Crippen molar-refractivity contribution in [2.45, 2.75) is 52.5 Å². The van der Waals surface area contributed by atoms with Crippen molar-refractivity contribution < 1.29 is 14.7 Å². The largest absolute Gasteiger partial charge is 0.478 e. The van der Waals surface area contributed by atoms with Crippen molar-refractivity contribution in [3.63, 3.8) is 0 Å². The van der Waals surface area contributed by atoms with Crippen LogP contribution in [-0.2, 0) is 0 Å². The molecule has 1 heterocycles. The van der Waals surface area contributed by atoms with Crippen LogP contribution in [0.15, 0.2) is 18.2 Å². The molecule has 1 fully saturated rings. The Hall–Kier alpha value is -1.84. The third kappa shape index (κ3) is 3.06. The first-order chi connectivity index (χ1) is 11.4. The van der Waals surface area contributed by atoms with Crippen LogP contribution < -0.4 is 0 Å². The molecule has 4 nitrogen and oxygen atoms in total. The Morgan fingerprint density at radius 3 is 2.50 bits per heavy atom. The van der Waals surface area contributed by atoms with Crippen LogP contribution in [0.2, 0.25) is 0 Å². The Kier molecular flexibility index (Phi) is 4.66. The fraction of sp³-hybridized carbons (Fsp3) is 0.600. The molecule has 1 atom stereocenters. The number of hydrogen-bond acceptors (Lipinski definition) is 2. The molecular formula is C20H27NO3. The van der Waals surface area contributed by atoms with E-state index in [1.165, 1.54) is 25.7 Å². The van der Waals surface area contributed by atoms with E-state index in [-0.39, 0.29) is 17.5 Å². The number of carbonyl (C=O) groups is 2. The van der Waals surface area contributed by atoms with E-state index < -0.39 is 5.97 Å². The van der Waals surface area contributed by atoms with Gasteiger partial charge in [-0.25, -0.2) is 4.79 Å². The Balaban J connectivity index is 1.86. The molecule has 1 N–H and O–H groups in total. The molecule has 130 valence electrons. The zero-order chi connectivity index (χ0) is 17.4. The first kappa shape index (κ1) is 17.0. The summed E-state index contributed by atoms with van der Waals surface area (Å²) >= 11 is 0. The van der Waals surface area contributed by atoms with Crippen molar-refractivity contribution in [2.24, 2.45) is 17.8 Å². The van der Waals surface area contributed by atoms with Crippen molar-refractivity contribution in [3.05, 3.63) is 34.9 Å². The highest BCUT2D eigenvalue weighted by Gasteiger charge is 2.39. The van der Waals surface area contributed by atoms with E-state index in [2.05, 4.69) is 20.8 Å². The zero-order valence-electron chi connectivity index (χ0n) is 14.8. The Labute approximate surface area is 143 Å². The van der Waals surface area contributed by atoms with Crippen molar-refractivity contribution in [2.75, 3.05) is 6.54 Å². The number of nitrogens with zero attached hydrogens (tertiary/aromatic N) is 1. The van der Waals surface area contributed by atoms with Gasteiger partial charge < -0.3 is 10.0 Å². The number of rotatable bonds is 4. The van der Waals surface area contributed by atoms with Crippen molar-refractivity contribution >= 4 is 11.9 Å². The zero-order valence-corrected chi connectivity index (χ0v) is 14.8. The van der Waals surface area contributed by atoms with E-state index in [0.29, 0.717) is 17.4 Å². The molecule has 3 rings (SSSR count).